The van der Waals surface area contributed by atoms with Gasteiger partial charge >= 0.3 is 6.16 Å². The standard InChI is InChI=1S/C17H28O6/c1-11(2)21-16(18)22-12-6-7-13(23-17(3,4)5)9-15-14(8-12)19-10-20-15/h6-7,11-15H,8-10H2,1-5H3/b7-6+. The first-order chi connectivity index (χ1) is 10.7. The Morgan fingerprint density at radius 1 is 1.09 bits per heavy atom. The molecule has 0 N–H and O–H groups in total. The molecule has 4 unspecified atom stereocenters. The molecule has 6 heteroatoms. The van der Waals surface area contributed by atoms with Crippen LogP contribution in [0, 0.1) is 0 Å². The predicted molar refractivity (Wildman–Crippen MR) is 84.1 cm³/mol. The van der Waals surface area contributed by atoms with Gasteiger partial charge in [-0.15, -0.1) is 0 Å². The Morgan fingerprint density at radius 2 is 1.65 bits per heavy atom. The summed E-state index contributed by atoms with van der Waals surface area (Å²) in [7, 11) is 0. The first kappa shape index (κ1) is 18.2. The van der Waals surface area contributed by atoms with Crippen LogP contribution in [0.4, 0.5) is 4.79 Å². The highest BCUT2D eigenvalue weighted by atomic mass is 16.7. The van der Waals surface area contributed by atoms with Gasteiger partial charge in [0.1, 0.15) is 12.9 Å². The SMILES string of the molecule is CC(C)OC(=O)OC1/C=C/C(OC(C)(C)C)CC2OCOC2C1. The second kappa shape index (κ2) is 7.64. The van der Waals surface area contributed by atoms with Gasteiger partial charge in [-0.1, -0.05) is 6.08 Å². The Balaban J connectivity index is 2.05. The molecule has 1 aliphatic carbocycles. The average Bonchev–Trinajstić information content (AvgIpc) is 2.77. The third kappa shape index (κ3) is 6.12. The molecule has 1 fully saturated rings. The van der Waals surface area contributed by atoms with Crippen LogP contribution in [-0.4, -0.2) is 49.1 Å². The van der Waals surface area contributed by atoms with Gasteiger partial charge in [-0.3, -0.25) is 0 Å². The zero-order valence-electron chi connectivity index (χ0n) is 14.6. The molecule has 23 heavy (non-hydrogen) atoms. The minimum atomic E-state index is -0.668. The van der Waals surface area contributed by atoms with E-state index in [1.807, 2.05) is 32.9 Å². The third-order valence-corrected chi connectivity index (χ3v) is 3.53. The molecule has 0 radical (unpaired) electrons. The Hall–Kier alpha value is -1.11. The lowest BCUT2D eigenvalue weighted by Gasteiger charge is -2.31. The maximum absolute atomic E-state index is 11.7. The number of carbonyl (C=O) groups excluding carboxylic acids is 1. The first-order valence-electron chi connectivity index (χ1n) is 8.19. The fourth-order valence-corrected chi connectivity index (χ4v) is 2.70. The van der Waals surface area contributed by atoms with Crippen molar-refractivity contribution in [3.8, 4) is 0 Å². The number of fused-ring (bicyclic) bond motifs is 1. The molecule has 6 nitrogen and oxygen atoms in total. The van der Waals surface area contributed by atoms with E-state index in [2.05, 4.69) is 0 Å². The third-order valence-electron chi connectivity index (χ3n) is 3.53. The molecule has 4 atom stereocenters. The summed E-state index contributed by atoms with van der Waals surface area (Å²) in [5.74, 6) is 0. The van der Waals surface area contributed by atoms with Gasteiger partial charge in [0.15, 0.2) is 0 Å². The monoisotopic (exact) mass is 328 g/mol. The van der Waals surface area contributed by atoms with Gasteiger partial charge in [0.25, 0.3) is 0 Å². The number of hydrogen-bond acceptors (Lipinski definition) is 6. The summed E-state index contributed by atoms with van der Waals surface area (Å²) in [5, 5.41) is 0. The van der Waals surface area contributed by atoms with Crippen molar-refractivity contribution in [2.24, 2.45) is 0 Å². The Morgan fingerprint density at radius 3 is 2.22 bits per heavy atom. The van der Waals surface area contributed by atoms with Gasteiger partial charge in [0.2, 0.25) is 0 Å². The molecule has 0 aromatic carbocycles. The molecule has 0 aromatic heterocycles. The molecule has 0 bridgehead atoms. The molecule has 1 heterocycles. The highest BCUT2D eigenvalue weighted by Gasteiger charge is 2.36. The summed E-state index contributed by atoms with van der Waals surface area (Å²) in [6, 6.07) is 0. The molecule has 2 aliphatic rings. The summed E-state index contributed by atoms with van der Waals surface area (Å²) >= 11 is 0. The van der Waals surface area contributed by atoms with Crippen molar-refractivity contribution in [2.45, 2.75) is 83.6 Å². The average molecular weight is 328 g/mol. The maximum atomic E-state index is 11.7. The van der Waals surface area contributed by atoms with Crippen molar-refractivity contribution in [3.05, 3.63) is 12.2 Å². The second-order valence-corrected chi connectivity index (χ2v) is 7.23. The molecule has 0 spiro atoms. The fourth-order valence-electron chi connectivity index (χ4n) is 2.70. The minimum Gasteiger partial charge on any atom is -0.432 e. The number of hydrogen-bond donors (Lipinski definition) is 0. The molecule has 0 amide bonds. The normalized spacial score (nSPS) is 32.8. The van der Waals surface area contributed by atoms with Gasteiger partial charge in [-0.25, -0.2) is 4.79 Å². The van der Waals surface area contributed by atoms with E-state index in [1.54, 1.807) is 13.8 Å². The van der Waals surface area contributed by atoms with Gasteiger partial charge in [-0.05, 0) is 40.7 Å². The molecular formula is C17H28O6. The van der Waals surface area contributed by atoms with E-state index in [1.165, 1.54) is 0 Å². The van der Waals surface area contributed by atoms with E-state index in [4.69, 9.17) is 23.7 Å². The van der Waals surface area contributed by atoms with Crippen molar-refractivity contribution in [1.82, 2.24) is 0 Å². The Bertz CT molecular complexity index is 425. The van der Waals surface area contributed by atoms with Crippen LogP contribution in [-0.2, 0) is 23.7 Å². The van der Waals surface area contributed by atoms with Crippen molar-refractivity contribution < 1.29 is 28.5 Å². The van der Waals surface area contributed by atoms with Crippen LogP contribution >= 0.6 is 0 Å². The van der Waals surface area contributed by atoms with Crippen LogP contribution in [0.2, 0.25) is 0 Å². The van der Waals surface area contributed by atoms with E-state index >= 15 is 0 Å². The molecular weight excluding hydrogens is 300 g/mol. The summed E-state index contributed by atoms with van der Waals surface area (Å²) in [4.78, 5) is 11.7. The van der Waals surface area contributed by atoms with E-state index in [0.717, 1.165) is 6.42 Å². The van der Waals surface area contributed by atoms with Crippen LogP contribution in [0.3, 0.4) is 0 Å². The van der Waals surface area contributed by atoms with Crippen LogP contribution in [0.1, 0.15) is 47.5 Å². The Kier molecular flexibility index (Phi) is 6.06. The lowest BCUT2D eigenvalue weighted by atomic mass is 9.96. The molecule has 0 saturated carbocycles. The molecule has 1 saturated heterocycles. The van der Waals surface area contributed by atoms with Crippen molar-refractivity contribution in [3.63, 3.8) is 0 Å². The molecule has 0 aromatic rings. The van der Waals surface area contributed by atoms with Gasteiger partial charge in [0.05, 0.1) is 30.0 Å². The molecule has 2 rings (SSSR count). The summed E-state index contributed by atoms with van der Waals surface area (Å²) in [5.41, 5.74) is -0.268. The maximum Gasteiger partial charge on any atom is 0.509 e. The number of rotatable bonds is 3. The number of ether oxygens (including phenoxy) is 5. The zero-order valence-corrected chi connectivity index (χ0v) is 14.6. The van der Waals surface area contributed by atoms with Crippen LogP contribution in [0.15, 0.2) is 12.2 Å². The lowest BCUT2D eigenvalue weighted by molar-refractivity contribution is -0.0626. The van der Waals surface area contributed by atoms with Gasteiger partial charge in [-0.2, -0.15) is 0 Å². The number of carbonyl (C=O) groups is 1. The van der Waals surface area contributed by atoms with Crippen LogP contribution < -0.4 is 0 Å². The fraction of sp³-hybridized carbons (Fsp3) is 0.824. The summed E-state index contributed by atoms with van der Waals surface area (Å²) in [6.07, 6.45) is 3.50. The highest BCUT2D eigenvalue weighted by molar-refractivity contribution is 5.60. The quantitative estimate of drug-likeness (QED) is 0.585. The summed E-state index contributed by atoms with van der Waals surface area (Å²) in [6.45, 7) is 9.87. The minimum absolute atomic E-state index is 0.0560. The van der Waals surface area contributed by atoms with Crippen molar-refractivity contribution in [2.75, 3.05) is 6.79 Å². The molecule has 132 valence electrons. The van der Waals surface area contributed by atoms with Crippen molar-refractivity contribution >= 4 is 6.16 Å². The summed E-state index contributed by atoms with van der Waals surface area (Å²) < 4.78 is 27.7. The highest BCUT2D eigenvalue weighted by Crippen LogP contribution is 2.28. The smallest absolute Gasteiger partial charge is 0.432 e. The van der Waals surface area contributed by atoms with E-state index in [-0.39, 0.29) is 36.8 Å². The topological polar surface area (TPSA) is 63.2 Å². The van der Waals surface area contributed by atoms with E-state index < -0.39 is 12.3 Å². The van der Waals surface area contributed by atoms with Gasteiger partial charge in [0, 0.05) is 12.8 Å². The first-order valence-corrected chi connectivity index (χ1v) is 8.19. The van der Waals surface area contributed by atoms with Gasteiger partial charge < -0.3 is 23.7 Å². The van der Waals surface area contributed by atoms with E-state index in [9.17, 15) is 4.79 Å². The predicted octanol–water partition coefficient (Wildman–Crippen LogP) is 3.19. The Labute approximate surface area is 138 Å². The van der Waals surface area contributed by atoms with E-state index in [0.29, 0.717) is 6.42 Å². The second-order valence-electron chi connectivity index (χ2n) is 7.23. The zero-order chi connectivity index (χ0) is 17.0. The largest absolute Gasteiger partial charge is 0.509 e. The molecule has 1 aliphatic heterocycles. The lowest BCUT2D eigenvalue weighted by Crippen LogP contribution is -2.37. The van der Waals surface area contributed by atoms with Crippen LogP contribution in [0.5, 0.6) is 0 Å². The van der Waals surface area contributed by atoms with Crippen molar-refractivity contribution in [1.29, 1.82) is 0 Å². The van der Waals surface area contributed by atoms with Crippen LogP contribution in [0.25, 0.3) is 0 Å².